The smallest absolute Gasteiger partial charge is 0.0978 e. The SMILES string of the molecule is CN1C(c2ccccc2)=C(C#N)C(C)(C)C(C#N)=C1c1ccccc1. The Morgan fingerprint density at radius 1 is 0.720 bits per heavy atom. The number of allylic oxidation sites excluding steroid dienone is 2. The zero-order chi connectivity index (χ0) is 18.0. The van der Waals surface area contributed by atoms with E-state index < -0.39 is 5.41 Å². The van der Waals surface area contributed by atoms with E-state index in [2.05, 4.69) is 12.1 Å². The molecule has 2 aromatic carbocycles. The molecule has 0 aliphatic carbocycles. The molecule has 0 aromatic heterocycles. The van der Waals surface area contributed by atoms with Crippen molar-refractivity contribution in [3.8, 4) is 12.1 Å². The summed E-state index contributed by atoms with van der Waals surface area (Å²) in [5.41, 5.74) is 4.21. The van der Waals surface area contributed by atoms with Crippen LogP contribution in [0.4, 0.5) is 0 Å². The number of hydrogen-bond donors (Lipinski definition) is 0. The molecule has 0 fully saturated rings. The Hall–Kier alpha value is -3.30. The minimum absolute atomic E-state index is 0.609. The third-order valence-electron chi connectivity index (χ3n) is 4.71. The van der Waals surface area contributed by atoms with Gasteiger partial charge in [0.25, 0.3) is 0 Å². The van der Waals surface area contributed by atoms with Crippen LogP contribution in [0.1, 0.15) is 25.0 Å². The molecule has 1 aliphatic rings. The second-order valence-electron chi connectivity index (χ2n) is 6.59. The second-order valence-corrected chi connectivity index (χ2v) is 6.59. The maximum Gasteiger partial charge on any atom is 0.0978 e. The molecule has 0 radical (unpaired) electrons. The van der Waals surface area contributed by atoms with Crippen LogP contribution in [0.25, 0.3) is 11.4 Å². The fraction of sp³-hybridized carbons (Fsp3) is 0.182. The highest BCUT2D eigenvalue weighted by Crippen LogP contribution is 2.48. The molecule has 0 spiro atoms. The lowest BCUT2D eigenvalue weighted by atomic mass is 9.72. The first-order chi connectivity index (χ1) is 12.0. The van der Waals surface area contributed by atoms with Crippen molar-refractivity contribution in [1.82, 2.24) is 4.90 Å². The molecule has 0 N–H and O–H groups in total. The largest absolute Gasteiger partial charge is 0.342 e. The highest BCUT2D eigenvalue weighted by Gasteiger charge is 2.40. The van der Waals surface area contributed by atoms with Gasteiger partial charge in [-0.3, -0.25) is 0 Å². The quantitative estimate of drug-likeness (QED) is 0.795. The molecule has 3 heteroatoms. The third-order valence-corrected chi connectivity index (χ3v) is 4.71. The molecule has 3 nitrogen and oxygen atoms in total. The molecule has 0 amide bonds. The van der Waals surface area contributed by atoms with Crippen molar-refractivity contribution in [3.63, 3.8) is 0 Å². The number of hydrogen-bond acceptors (Lipinski definition) is 3. The van der Waals surface area contributed by atoms with Gasteiger partial charge in [0.15, 0.2) is 0 Å². The Balaban J connectivity index is 2.33. The van der Waals surface area contributed by atoms with Gasteiger partial charge in [0.2, 0.25) is 0 Å². The molecule has 0 saturated carbocycles. The van der Waals surface area contributed by atoms with Crippen LogP contribution < -0.4 is 0 Å². The average Bonchev–Trinajstić information content (AvgIpc) is 2.63. The predicted octanol–water partition coefficient (Wildman–Crippen LogP) is 4.83. The summed E-state index contributed by atoms with van der Waals surface area (Å²) >= 11 is 0. The fourth-order valence-corrected chi connectivity index (χ4v) is 3.42. The monoisotopic (exact) mass is 325 g/mol. The molecule has 1 aliphatic heterocycles. The summed E-state index contributed by atoms with van der Waals surface area (Å²) in [6.07, 6.45) is 0. The van der Waals surface area contributed by atoms with Crippen molar-refractivity contribution >= 4 is 11.4 Å². The van der Waals surface area contributed by atoms with Gasteiger partial charge in [-0.2, -0.15) is 10.5 Å². The Labute approximate surface area is 148 Å². The van der Waals surface area contributed by atoms with E-state index in [1.54, 1.807) is 0 Å². The number of nitrogens with zero attached hydrogens (tertiary/aromatic N) is 3. The minimum Gasteiger partial charge on any atom is -0.342 e. The van der Waals surface area contributed by atoms with Crippen LogP contribution in [-0.4, -0.2) is 11.9 Å². The maximum absolute atomic E-state index is 9.88. The van der Waals surface area contributed by atoms with E-state index in [4.69, 9.17) is 0 Å². The summed E-state index contributed by atoms with van der Waals surface area (Å²) in [7, 11) is 1.93. The number of benzene rings is 2. The van der Waals surface area contributed by atoms with Gasteiger partial charge in [-0.1, -0.05) is 74.5 Å². The van der Waals surface area contributed by atoms with Crippen molar-refractivity contribution in [2.24, 2.45) is 5.41 Å². The van der Waals surface area contributed by atoms with Crippen LogP contribution in [0.2, 0.25) is 0 Å². The molecule has 25 heavy (non-hydrogen) atoms. The van der Waals surface area contributed by atoms with Crippen molar-refractivity contribution in [2.75, 3.05) is 7.05 Å². The fourth-order valence-electron chi connectivity index (χ4n) is 3.42. The van der Waals surface area contributed by atoms with Crippen LogP contribution in [0.15, 0.2) is 71.8 Å². The van der Waals surface area contributed by atoms with E-state index in [1.165, 1.54) is 0 Å². The van der Waals surface area contributed by atoms with Crippen molar-refractivity contribution < 1.29 is 0 Å². The molecular weight excluding hydrogens is 306 g/mol. The highest BCUT2D eigenvalue weighted by atomic mass is 15.1. The zero-order valence-corrected chi connectivity index (χ0v) is 14.6. The summed E-state index contributed by atoms with van der Waals surface area (Å²) in [6.45, 7) is 3.89. The molecule has 1 heterocycles. The molecule has 0 bridgehead atoms. The first-order valence-electron chi connectivity index (χ1n) is 8.16. The lowest BCUT2D eigenvalue weighted by Gasteiger charge is -2.39. The standard InChI is InChI=1S/C22H19N3/c1-22(2)18(14-23)20(16-10-6-4-7-11-16)25(3)21(19(22)15-24)17-12-8-5-9-13-17/h4-13H,1-3H3. The zero-order valence-electron chi connectivity index (χ0n) is 14.6. The predicted molar refractivity (Wildman–Crippen MR) is 99.5 cm³/mol. The molecule has 3 rings (SSSR count). The average molecular weight is 325 g/mol. The van der Waals surface area contributed by atoms with E-state index in [-0.39, 0.29) is 0 Å². The Morgan fingerprint density at radius 3 is 1.40 bits per heavy atom. The lowest BCUT2D eigenvalue weighted by molar-refractivity contribution is 0.521. The van der Waals surface area contributed by atoms with Crippen molar-refractivity contribution in [2.45, 2.75) is 13.8 Å². The molecule has 2 aromatic rings. The van der Waals surface area contributed by atoms with Crippen LogP contribution >= 0.6 is 0 Å². The number of rotatable bonds is 2. The Bertz CT molecular complexity index is 859. The van der Waals surface area contributed by atoms with E-state index in [9.17, 15) is 10.5 Å². The van der Waals surface area contributed by atoms with Gasteiger partial charge in [0.05, 0.1) is 34.7 Å². The molecule has 0 unspecified atom stereocenters. The van der Waals surface area contributed by atoms with E-state index in [0.717, 1.165) is 22.5 Å². The molecule has 0 saturated heterocycles. The van der Waals surface area contributed by atoms with Gasteiger partial charge < -0.3 is 4.90 Å². The number of nitriles is 2. The summed E-state index contributed by atoms with van der Waals surface area (Å²) in [5, 5.41) is 19.8. The molecular formula is C22H19N3. The highest BCUT2D eigenvalue weighted by molar-refractivity contribution is 5.88. The molecule has 122 valence electrons. The van der Waals surface area contributed by atoms with Gasteiger partial charge in [-0.25, -0.2) is 0 Å². The van der Waals surface area contributed by atoms with Gasteiger partial charge >= 0.3 is 0 Å². The van der Waals surface area contributed by atoms with E-state index in [1.807, 2.05) is 86.5 Å². The summed E-state index contributed by atoms with van der Waals surface area (Å²) in [5.74, 6) is 0. The van der Waals surface area contributed by atoms with Gasteiger partial charge in [-0.05, 0) is 11.1 Å². The van der Waals surface area contributed by atoms with Crippen LogP contribution in [0.5, 0.6) is 0 Å². The maximum atomic E-state index is 9.88. The second kappa shape index (κ2) is 6.30. The van der Waals surface area contributed by atoms with Crippen molar-refractivity contribution in [1.29, 1.82) is 10.5 Å². The van der Waals surface area contributed by atoms with E-state index >= 15 is 0 Å². The lowest BCUT2D eigenvalue weighted by Crippen LogP contribution is -2.32. The van der Waals surface area contributed by atoms with Gasteiger partial charge in [0.1, 0.15) is 0 Å². The van der Waals surface area contributed by atoms with Crippen molar-refractivity contribution in [3.05, 3.63) is 82.9 Å². The Morgan fingerprint density at radius 2 is 1.08 bits per heavy atom. The minimum atomic E-state index is -0.660. The topological polar surface area (TPSA) is 50.8 Å². The summed E-state index contributed by atoms with van der Waals surface area (Å²) in [6, 6.07) is 24.5. The first kappa shape index (κ1) is 16.6. The van der Waals surface area contributed by atoms with E-state index in [0.29, 0.717) is 11.1 Å². The summed E-state index contributed by atoms with van der Waals surface area (Å²) < 4.78 is 0. The van der Waals surface area contributed by atoms with Gasteiger partial charge in [0, 0.05) is 12.5 Å². The third kappa shape index (κ3) is 2.61. The van der Waals surface area contributed by atoms with Crippen LogP contribution in [0.3, 0.4) is 0 Å². The first-order valence-corrected chi connectivity index (χ1v) is 8.16. The summed E-state index contributed by atoms with van der Waals surface area (Å²) in [4.78, 5) is 1.98. The molecule has 0 atom stereocenters. The normalized spacial score (nSPS) is 16.4. The van der Waals surface area contributed by atoms with Crippen LogP contribution in [0, 0.1) is 28.1 Å². The Kier molecular flexibility index (Phi) is 4.17. The van der Waals surface area contributed by atoms with Crippen LogP contribution in [-0.2, 0) is 0 Å². The van der Waals surface area contributed by atoms with Gasteiger partial charge in [-0.15, -0.1) is 0 Å².